The number of hydrogen-bond donors (Lipinski definition) is 1. The van der Waals surface area contributed by atoms with Gasteiger partial charge in [0.25, 0.3) is 0 Å². The summed E-state index contributed by atoms with van der Waals surface area (Å²) in [6, 6.07) is 0.404. The molecule has 3 heteroatoms. The second kappa shape index (κ2) is 11.8. The van der Waals surface area contributed by atoms with Crippen molar-refractivity contribution < 1.29 is 9.59 Å². The summed E-state index contributed by atoms with van der Waals surface area (Å²) in [4.78, 5) is 20.6. The minimum atomic E-state index is -0.121. The minimum absolute atomic E-state index is 0.121. The van der Waals surface area contributed by atoms with E-state index in [4.69, 9.17) is 5.73 Å². The van der Waals surface area contributed by atoms with Gasteiger partial charge in [0.15, 0.2) is 11.6 Å². The standard InChI is InChI=1S/C10H23N.C6H4O2/c1-3-4-5-6-7-8-9-10(2)11;7-5-1-2-6(8)4-3-5/h10H,3-9,11H2,1-2H3;1-4H. The van der Waals surface area contributed by atoms with Gasteiger partial charge in [-0.1, -0.05) is 45.4 Å². The van der Waals surface area contributed by atoms with E-state index in [2.05, 4.69) is 13.8 Å². The van der Waals surface area contributed by atoms with Gasteiger partial charge in [0.1, 0.15) is 0 Å². The fourth-order valence-electron chi connectivity index (χ4n) is 1.69. The zero-order valence-corrected chi connectivity index (χ0v) is 12.2. The second-order valence-electron chi connectivity index (χ2n) is 5.01. The molecular weight excluding hydrogens is 238 g/mol. The van der Waals surface area contributed by atoms with Gasteiger partial charge in [0.05, 0.1) is 0 Å². The molecule has 0 saturated heterocycles. The van der Waals surface area contributed by atoms with Crippen molar-refractivity contribution in [2.24, 2.45) is 5.73 Å². The van der Waals surface area contributed by atoms with Crippen LogP contribution in [-0.4, -0.2) is 17.6 Å². The van der Waals surface area contributed by atoms with Crippen LogP contribution in [0.5, 0.6) is 0 Å². The van der Waals surface area contributed by atoms with Crippen LogP contribution in [0.4, 0.5) is 0 Å². The fourth-order valence-corrected chi connectivity index (χ4v) is 1.69. The summed E-state index contributed by atoms with van der Waals surface area (Å²) >= 11 is 0. The number of ketones is 2. The lowest BCUT2D eigenvalue weighted by molar-refractivity contribution is -0.113. The molecule has 3 nitrogen and oxygen atoms in total. The molecule has 0 bridgehead atoms. The Kier molecular flexibility index (Phi) is 11.1. The third-order valence-electron chi connectivity index (χ3n) is 2.84. The number of hydrogen-bond acceptors (Lipinski definition) is 3. The lowest BCUT2D eigenvalue weighted by Crippen LogP contribution is -2.13. The Hall–Kier alpha value is -1.22. The van der Waals surface area contributed by atoms with Crippen molar-refractivity contribution in [3.63, 3.8) is 0 Å². The Morgan fingerprint density at radius 1 is 0.895 bits per heavy atom. The molecule has 1 unspecified atom stereocenters. The molecule has 0 aromatic rings. The van der Waals surface area contributed by atoms with Crippen LogP contribution in [0.1, 0.15) is 58.8 Å². The van der Waals surface area contributed by atoms with E-state index in [-0.39, 0.29) is 11.6 Å². The van der Waals surface area contributed by atoms with Crippen molar-refractivity contribution in [2.75, 3.05) is 0 Å². The maximum absolute atomic E-state index is 10.3. The fraction of sp³-hybridized carbons (Fsp3) is 0.625. The lowest BCUT2D eigenvalue weighted by atomic mass is 10.1. The van der Waals surface area contributed by atoms with Crippen LogP contribution in [0.25, 0.3) is 0 Å². The van der Waals surface area contributed by atoms with Crippen LogP contribution in [0.3, 0.4) is 0 Å². The quantitative estimate of drug-likeness (QED) is 0.567. The molecule has 1 atom stereocenters. The largest absolute Gasteiger partial charge is 0.328 e. The first-order chi connectivity index (χ1) is 9.06. The van der Waals surface area contributed by atoms with Crippen LogP contribution in [-0.2, 0) is 9.59 Å². The summed E-state index contributed by atoms with van der Waals surface area (Å²) in [5.41, 5.74) is 5.63. The predicted molar refractivity (Wildman–Crippen MR) is 79.9 cm³/mol. The highest BCUT2D eigenvalue weighted by Crippen LogP contribution is 2.07. The first-order valence-electron chi connectivity index (χ1n) is 7.26. The predicted octanol–water partition coefficient (Wildman–Crippen LogP) is 3.33. The Morgan fingerprint density at radius 3 is 1.74 bits per heavy atom. The van der Waals surface area contributed by atoms with Crippen molar-refractivity contribution in [3.8, 4) is 0 Å². The summed E-state index contributed by atoms with van der Waals surface area (Å²) < 4.78 is 0. The summed E-state index contributed by atoms with van der Waals surface area (Å²) in [5.74, 6) is -0.241. The molecule has 19 heavy (non-hydrogen) atoms. The zero-order valence-electron chi connectivity index (χ0n) is 12.2. The van der Waals surface area contributed by atoms with Crippen molar-refractivity contribution in [1.29, 1.82) is 0 Å². The van der Waals surface area contributed by atoms with E-state index in [1.54, 1.807) is 0 Å². The third kappa shape index (κ3) is 13.0. The molecule has 108 valence electrons. The highest BCUT2D eigenvalue weighted by molar-refractivity contribution is 6.14. The molecule has 0 aliphatic heterocycles. The van der Waals surface area contributed by atoms with Crippen LogP contribution in [0.2, 0.25) is 0 Å². The van der Waals surface area contributed by atoms with E-state index < -0.39 is 0 Å². The van der Waals surface area contributed by atoms with Gasteiger partial charge in [-0.25, -0.2) is 0 Å². The number of carbonyl (C=O) groups excluding carboxylic acids is 2. The molecule has 0 heterocycles. The molecule has 1 rings (SSSR count). The molecule has 0 saturated carbocycles. The number of carbonyl (C=O) groups is 2. The average molecular weight is 265 g/mol. The van der Waals surface area contributed by atoms with E-state index in [1.807, 2.05) is 0 Å². The summed E-state index contributed by atoms with van der Waals surface area (Å²) in [6.45, 7) is 4.34. The SMILES string of the molecule is CCCCCCCCC(C)N.O=C1C=CC(=O)C=C1. The van der Waals surface area contributed by atoms with Crippen molar-refractivity contribution in [1.82, 2.24) is 0 Å². The highest BCUT2D eigenvalue weighted by atomic mass is 16.1. The summed E-state index contributed by atoms with van der Waals surface area (Å²) in [7, 11) is 0. The van der Waals surface area contributed by atoms with Crippen LogP contribution >= 0.6 is 0 Å². The molecule has 0 aromatic carbocycles. The van der Waals surface area contributed by atoms with E-state index in [9.17, 15) is 9.59 Å². The topological polar surface area (TPSA) is 60.2 Å². The van der Waals surface area contributed by atoms with Crippen LogP contribution in [0, 0.1) is 0 Å². The molecule has 0 spiro atoms. The van der Waals surface area contributed by atoms with E-state index in [1.165, 1.54) is 69.2 Å². The Morgan fingerprint density at radius 2 is 1.32 bits per heavy atom. The van der Waals surface area contributed by atoms with Gasteiger partial charge < -0.3 is 5.73 Å². The Balaban J connectivity index is 0.000000356. The number of unbranched alkanes of at least 4 members (excludes halogenated alkanes) is 5. The van der Waals surface area contributed by atoms with E-state index in [0.29, 0.717) is 6.04 Å². The second-order valence-corrected chi connectivity index (χ2v) is 5.01. The van der Waals surface area contributed by atoms with Gasteiger partial charge >= 0.3 is 0 Å². The van der Waals surface area contributed by atoms with Gasteiger partial charge in [0.2, 0.25) is 0 Å². The van der Waals surface area contributed by atoms with Crippen molar-refractivity contribution in [3.05, 3.63) is 24.3 Å². The molecule has 2 N–H and O–H groups in total. The first kappa shape index (κ1) is 17.8. The van der Waals surface area contributed by atoms with Gasteiger partial charge in [-0.15, -0.1) is 0 Å². The maximum atomic E-state index is 10.3. The normalized spacial score (nSPS) is 15.1. The van der Waals surface area contributed by atoms with Crippen molar-refractivity contribution in [2.45, 2.75) is 64.8 Å². The number of allylic oxidation sites excluding steroid dienone is 4. The number of rotatable bonds is 7. The maximum Gasteiger partial charge on any atom is 0.178 e. The van der Waals surface area contributed by atoms with Gasteiger partial charge in [-0.2, -0.15) is 0 Å². The Labute approximate surface area is 116 Å². The first-order valence-corrected chi connectivity index (χ1v) is 7.26. The van der Waals surface area contributed by atoms with Crippen LogP contribution < -0.4 is 5.73 Å². The molecule has 0 amide bonds. The lowest BCUT2D eigenvalue weighted by Gasteiger charge is -2.03. The van der Waals surface area contributed by atoms with E-state index in [0.717, 1.165) is 0 Å². The summed E-state index contributed by atoms with van der Waals surface area (Å²) in [5, 5.41) is 0. The van der Waals surface area contributed by atoms with Gasteiger partial charge in [-0.05, 0) is 37.6 Å². The van der Waals surface area contributed by atoms with Crippen molar-refractivity contribution >= 4 is 11.6 Å². The Bertz CT molecular complexity index is 279. The molecule has 0 fully saturated rings. The third-order valence-corrected chi connectivity index (χ3v) is 2.84. The van der Waals surface area contributed by atoms with Gasteiger partial charge in [-0.3, -0.25) is 9.59 Å². The average Bonchev–Trinajstić information content (AvgIpc) is 2.38. The molecule has 1 aliphatic carbocycles. The number of nitrogens with two attached hydrogens (primary N) is 1. The minimum Gasteiger partial charge on any atom is -0.328 e. The molecule has 0 aromatic heterocycles. The smallest absolute Gasteiger partial charge is 0.178 e. The zero-order chi connectivity index (χ0) is 14.5. The summed E-state index contributed by atoms with van der Waals surface area (Å²) in [6.07, 6.45) is 14.5. The van der Waals surface area contributed by atoms with E-state index >= 15 is 0 Å². The highest BCUT2D eigenvalue weighted by Gasteiger charge is 1.98. The molecule has 1 aliphatic rings. The molecule has 0 radical (unpaired) electrons. The molecular formula is C16H27NO2. The monoisotopic (exact) mass is 265 g/mol. The van der Waals surface area contributed by atoms with Crippen LogP contribution in [0.15, 0.2) is 24.3 Å². The van der Waals surface area contributed by atoms with Gasteiger partial charge in [0, 0.05) is 6.04 Å².